The number of aromatic nitrogens is 2. The molecular formula is C24H28N2O2S. The molecule has 0 aliphatic carbocycles. The van der Waals surface area contributed by atoms with Gasteiger partial charge in [0.2, 0.25) is 0 Å². The van der Waals surface area contributed by atoms with Gasteiger partial charge in [0.25, 0.3) is 0 Å². The lowest BCUT2D eigenvalue weighted by Gasteiger charge is -2.19. The Labute approximate surface area is 176 Å². The largest absolute Gasteiger partial charge is 0.461 e. The van der Waals surface area contributed by atoms with Crippen LogP contribution in [0.5, 0.6) is 0 Å². The molecule has 4 aromatic rings. The highest BCUT2D eigenvalue weighted by Crippen LogP contribution is 2.42. The number of hydrogen-bond donors (Lipinski definition) is 0. The van der Waals surface area contributed by atoms with Crippen LogP contribution in [-0.4, -0.2) is 8.75 Å². The van der Waals surface area contributed by atoms with E-state index in [1.165, 1.54) is 11.7 Å². The third-order valence-corrected chi connectivity index (χ3v) is 6.65. The van der Waals surface area contributed by atoms with Gasteiger partial charge in [-0.3, -0.25) is 0 Å². The molecule has 152 valence electrons. The number of nitrogens with zero attached hydrogens (tertiary/aromatic N) is 2. The summed E-state index contributed by atoms with van der Waals surface area (Å²) in [6.45, 7) is 15.1. The third-order valence-electron chi connectivity index (χ3n) is 6.12. The molecule has 0 spiro atoms. The van der Waals surface area contributed by atoms with Gasteiger partial charge in [-0.15, -0.1) is 0 Å². The Bertz CT molecular complexity index is 1180. The molecule has 4 rings (SSSR count). The molecule has 0 unspecified atom stereocenters. The molecule has 0 radical (unpaired) electrons. The average Bonchev–Trinajstić information content (AvgIpc) is 3.43. The molecule has 0 aliphatic rings. The first-order chi connectivity index (χ1) is 13.7. The second-order valence-corrected chi connectivity index (χ2v) is 9.25. The average molecular weight is 409 g/mol. The second-order valence-electron chi connectivity index (χ2n) is 8.72. The summed E-state index contributed by atoms with van der Waals surface area (Å²) in [4.78, 5) is 0. The van der Waals surface area contributed by atoms with Crippen LogP contribution in [0.3, 0.4) is 0 Å². The van der Waals surface area contributed by atoms with Crippen molar-refractivity contribution in [1.82, 2.24) is 8.75 Å². The standard InChI is InChI=1S/C24H28N2O2S/c1-8-24(6,7)19-12-11-18(28-19)21-15(5)14(4)20(22-23(21)26-29-25-22)17-10-9-16(27-17)13(2)3/h9-13H,8H2,1-7H3. The number of benzene rings is 1. The van der Waals surface area contributed by atoms with Crippen LogP contribution in [-0.2, 0) is 5.41 Å². The molecule has 0 atom stereocenters. The Balaban J connectivity index is 1.93. The van der Waals surface area contributed by atoms with E-state index in [0.717, 1.165) is 62.7 Å². The van der Waals surface area contributed by atoms with E-state index in [-0.39, 0.29) is 5.41 Å². The van der Waals surface area contributed by atoms with Gasteiger partial charge in [0, 0.05) is 22.5 Å². The van der Waals surface area contributed by atoms with E-state index in [1.807, 2.05) is 6.07 Å². The van der Waals surface area contributed by atoms with Crippen LogP contribution in [0.25, 0.3) is 33.7 Å². The molecule has 29 heavy (non-hydrogen) atoms. The Morgan fingerprint density at radius 2 is 1.45 bits per heavy atom. The molecule has 5 heteroatoms. The third kappa shape index (κ3) is 3.21. The number of fused-ring (bicyclic) bond motifs is 1. The van der Waals surface area contributed by atoms with E-state index in [1.54, 1.807) is 0 Å². The summed E-state index contributed by atoms with van der Waals surface area (Å²) in [5.74, 6) is 4.03. The summed E-state index contributed by atoms with van der Waals surface area (Å²) in [6.07, 6.45) is 1.02. The van der Waals surface area contributed by atoms with Gasteiger partial charge in [0.15, 0.2) is 0 Å². The maximum Gasteiger partial charge on any atom is 0.136 e. The SMILES string of the molecule is CCC(C)(C)c1ccc(-c2c(C)c(C)c(-c3ccc(C(C)C)o3)c3nsnc23)o1. The lowest BCUT2D eigenvalue weighted by molar-refractivity contribution is 0.381. The normalized spacial score (nSPS) is 12.4. The molecule has 1 aromatic carbocycles. The molecule has 3 aromatic heterocycles. The van der Waals surface area contributed by atoms with Crippen LogP contribution in [0.2, 0.25) is 0 Å². The fourth-order valence-corrected chi connectivity index (χ4v) is 4.22. The molecule has 0 bridgehead atoms. The van der Waals surface area contributed by atoms with Crippen molar-refractivity contribution in [3.8, 4) is 22.6 Å². The molecule has 4 nitrogen and oxygen atoms in total. The van der Waals surface area contributed by atoms with E-state index >= 15 is 0 Å². The zero-order valence-corrected chi connectivity index (χ0v) is 19.0. The van der Waals surface area contributed by atoms with E-state index in [9.17, 15) is 0 Å². The van der Waals surface area contributed by atoms with Crippen molar-refractivity contribution in [2.45, 2.75) is 66.2 Å². The van der Waals surface area contributed by atoms with Crippen LogP contribution in [0.4, 0.5) is 0 Å². The fourth-order valence-electron chi connectivity index (χ4n) is 3.66. The maximum atomic E-state index is 6.33. The van der Waals surface area contributed by atoms with Crippen molar-refractivity contribution < 1.29 is 8.83 Å². The Hall–Kier alpha value is -2.40. The van der Waals surface area contributed by atoms with Gasteiger partial charge in [-0.1, -0.05) is 34.6 Å². The van der Waals surface area contributed by atoms with Crippen LogP contribution >= 0.6 is 11.7 Å². The van der Waals surface area contributed by atoms with Crippen LogP contribution in [0.1, 0.15) is 69.6 Å². The molecule has 0 fully saturated rings. The van der Waals surface area contributed by atoms with Crippen molar-refractivity contribution in [2.24, 2.45) is 0 Å². The summed E-state index contributed by atoms with van der Waals surface area (Å²) >= 11 is 1.23. The topological polar surface area (TPSA) is 52.1 Å². The predicted molar refractivity (Wildman–Crippen MR) is 120 cm³/mol. The fraction of sp³-hybridized carbons (Fsp3) is 0.417. The zero-order chi connectivity index (χ0) is 20.9. The highest BCUT2D eigenvalue weighted by molar-refractivity contribution is 7.00. The summed E-state index contributed by atoms with van der Waals surface area (Å²) in [7, 11) is 0. The first kappa shape index (κ1) is 19.9. The second kappa shape index (κ2) is 7.13. The van der Waals surface area contributed by atoms with Gasteiger partial charge in [-0.25, -0.2) is 0 Å². The van der Waals surface area contributed by atoms with Crippen molar-refractivity contribution >= 4 is 22.8 Å². The minimum absolute atomic E-state index is 0.00198. The summed E-state index contributed by atoms with van der Waals surface area (Å²) < 4.78 is 21.8. The number of furan rings is 2. The molecule has 0 N–H and O–H groups in total. The predicted octanol–water partition coefficient (Wildman–Crippen LogP) is 7.64. The molecule has 0 aliphatic heterocycles. The van der Waals surface area contributed by atoms with E-state index in [2.05, 4.69) is 75.4 Å². The van der Waals surface area contributed by atoms with Gasteiger partial charge in [-0.05, 0) is 55.7 Å². The molecule has 3 heterocycles. The molecular weight excluding hydrogens is 380 g/mol. The molecule has 0 amide bonds. The van der Waals surface area contributed by atoms with Crippen LogP contribution in [0.15, 0.2) is 33.1 Å². The van der Waals surface area contributed by atoms with E-state index < -0.39 is 0 Å². The van der Waals surface area contributed by atoms with E-state index in [4.69, 9.17) is 8.83 Å². The van der Waals surface area contributed by atoms with Crippen LogP contribution < -0.4 is 0 Å². The summed E-state index contributed by atoms with van der Waals surface area (Å²) in [5.41, 5.74) is 6.13. The highest BCUT2D eigenvalue weighted by Gasteiger charge is 2.26. The minimum atomic E-state index is 0.00198. The van der Waals surface area contributed by atoms with Gasteiger partial charge in [0.1, 0.15) is 34.1 Å². The van der Waals surface area contributed by atoms with Gasteiger partial charge < -0.3 is 8.83 Å². The monoisotopic (exact) mass is 408 g/mol. The van der Waals surface area contributed by atoms with Crippen LogP contribution in [0, 0.1) is 13.8 Å². The highest BCUT2D eigenvalue weighted by atomic mass is 32.1. The lowest BCUT2D eigenvalue weighted by atomic mass is 9.88. The Morgan fingerprint density at radius 3 is 1.97 bits per heavy atom. The number of hydrogen-bond acceptors (Lipinski definition) is 5. The first-order valence-electron chi connectivity index (χ1n) is 10.2. The zero-order valence-electron chi connectivity index (χ0n) is 18.2. The maximum absolute atomic E-state index is 6.33. The Morgan fingerprint density at radius 1 is 0.897 bits per heavy atom. The quantitative estimate of drug-likeness (QED) is 0.340. The van der Waals surface area contributed by atoms with Crippen molar-refractivity contribution in [3.05, 3.63) is 46.9 Å². The van der Waals surface area contributed by atoms with Crippen molar-refractivity contribution in [1.29, 1.82) is 0 Å². The van der Waals surface area contributed by atoms with Gasteiger partial charge in [0.05, 0.1) is 11.7 Å². The smallest absolute Gasteiger partial charge is 0.136 e. The van der Waals surface area contributed by atoms with E-state index in [0.29, 0.717) is 5.92 Å². The molecule has 0 saturated carbocycles. The van der Waals surface area contributed by atoms with Crippen molar-refractivity contribution in [2.75, 3.05) is 0 Å². The minimum Gasteiger partial charge on any atom is -0.461 e. The Kier molecular flexibility index (Phi) is 4.89. The first-order valence-corrected chi connectivity index (χ1v) is 10.9. The van der Waals surface area contributed by atoms with Gasteiger partial charge >= 0.3 is 0 Å². The van der Waals surface area contributed by atoms with Crippen molar-refractivity contribution in [3.63, 3.8) is 0 Å². The number of rotatable bonds is 5. The summed E-state index contributed by atoms with van der Waals surface area (Å²) in [5, 5.41) is 0. The molecule has 0 saturated heterocycles. The lowest BCUT2D eigenvalue weighted by Crippen LogP contribution is -2.13. The summed E-state index contributed by atoms with van der Waals surface area (Å²) in [6, 6.07) is 8.26. The van der Waals surface area contributed by atoms with Gasteiger partial charge in [-0.2, -0.15) is 8.75 Å².